The first kappa shape index (κ1) is 17.7. The highest BCUT2D eigenvalue weighted by atomic mass is 35.5. The molecule has 0 spiro atoms. The normalized spacial score (nSPS) is 12.1. The molecule has 2 aromatic heterocycles. The lowest BCUT2D eigenvalue weighted by atomic mass is 10.3. The molecule has 0 aromatic carbocycles. The van der Waals surface area contributed by atoms with Gasteiger partial charge in [-0.1, -0.05) is 16.8 Å². The average molecular weight is 367 g/mol. The molecule has 2 heterocycles. The zero-order valence-electron chi connectivity index (χ0n) is 11.7. The van der Waals surface area contributed by atoms with Crippen LogP contribution in [0.1, 0.15) is 11.4 Å². The van der Waals surface area contributed by atoms with Gasteiger partial charge >= 0.3 is 11.9 Å². The van der Waals surface area contributed by atoms with Crippen molar-refractivity contribution in [3.05, 3.63) is 55.2 Å². The SMILES string of the molecule is Cn1c(C(F)(F)F)cc(=O)n(-c2nc(C=NO)c(Cl)cc2F)c1=O. The van der Waals surface area contributed by atoms with Gasteiger partial charge in [-0.05, 0) is 6.07 Å². The van der Waals surface area contributed by atoms with E-state index >= 15 is 0 Å². The van der Waals surface area contributed by atoms with E-state index in [1.807, 2.05) is 0 Å². The number of nitrogens with zero attached hydrogens (tertiary/aromatic N) is 4. The summed E-state index contributed by atoms with van der Waals surface area (Å²) in [5.41, 5.74) is -4.70. The number of halogens is 5. The van der Waals surface area contributed by atoms with Gasteiger partial charge in [-0.25, -0.2) is 18.7 Å². The van der Waals surface area contributed by atoms with Gasteiger partial charge in [-0.2, -0.15) is 13.2 Å². The number of hydrogen-bond donors (Lipinski definition) is 1. The van der Waals surface area contributed by atoms with Crippen molar-refractivity contribution >= 4 is 17.8 Å². The molecule has 12 heteroatoms. The fourth-order valence-electron chi connectivity index (χ4n) is 1.87. The monoisotopic (exact) mass is 366 g/mol. The van der Waals surface area contributed by atoms with Crippen molar-refractivity contribution in [3.8, 4) is 5.82 Å². The lowest BCUT2D eigenvalue weighted by Gasteiger charge is -2.14. The largest absolute Gasteiger partial charge is 0.431 e. The first-order valence-electron chi connectivity index (χ1n) is 6.02. The molecule has 0 aliphatic heterocycles. The number of alkyl halides is 3. The van der Waals surface area contributed by atoms with Crippen LogP contribution < -0.4 is 11.2 Å². The maximum Gasteiger partial charge on any atom is 0.431 e. The third-order valence-corrected chi connectivity index (χ3v) is 3.24. The van der Waals surface area contributed by atoms with Crippen LogP contribution in [0.5, 0.6) is 0 Å². The molecule has 2 rings (SSSR count). The fourth-order valence-corrected chi connectivity index (χ4v) is 2.05. The van der Waals surface area contributed by atoms with E-state index in [0.717, 1.165) is 7.05 Å². The molecule has 0 fully saturated rings. The number of aromatic nitrogens is 3. The van der Waals surface area contributed by atoms with E-state index in [2.05, 4.69) is 10.1 Å². The molecule has 0 bridgehead atoms. The topological polar surface area (TPSA) is 89.5 Å². The Morgan fingerprint density at radius 3 is 2.50 bits per heavy atom. The molecule has 7 nitrogen and oxygen atoms in total. The quantitative estimate of drug-likeness (QED) is 0.378. The summed E-state index contributed by atoms with van der Waals surface area (Å²) >= 11 is 5.64. The third-order valence-electron chi connectivity index (χ3n) is 2.94. The minimum atomic E-state index is -4.95. The highest BCUT2D eigenvalue weighted by molar-refractivity contribution is 6.32. The molecule has 1 N–H and O–H groups in total. The lowest BCUT2D eigenvalue weighted by Crippen LogP contribution is -2.41. The van der Waals surface area contributed by atoms with Gasteiger partial charge < -0.3 is 5.21 Å². The highest BCUT2D eigenvalue weighted by Crippen LogP contribution is 2.27. The number of hydrogen-bond acceptors (Lipinski definition) is 5. The van der Waals surface area contributed by atoms with E-state index in [9.17, 15) is 27.2 Å². The van der Waals surface area contributed by atoms with Crippen LogP contribution >= 0.6 is 11.6 Å². The molecule has 2 aromatic rings. The Hall–Kier alpha value is -2.69. The van der Waals surface area contributed by atoms with Crippen LogP contribution in [0.2, 0.25) is 5.02 Å². The average Bonchev–Trinajstić information content (AvgIpc) is 2.46. The van der Waals surface area contributed by atoms with Crippen LogP contribution in [0.15, 0.2) is 26.9 Å². The lowest BCUT2D eigenvalue weighted by molar-refractivity contribution is -0.144. The second-order valence-electron chi connectivity index (χ2n) is 4.45. The maximum absolute atomic E-state index is 14.0. The van der Waals surface area contributed by atoms with Gasteiger partial charge in [0.2, 0.25) is 0 Å². The van der Waals surface area contributed by atoms with Crippen molar-refractivity contribution in [2.45, 2.75) is 6.18 Å². The Morgan fingerprint density at radius 1 is 1.33 bits per heavy atom. The van der Waals surface area contributed by atoms with Crippen LogP contribution in [0.3, 0.4) is 0 Å². The number of pyridine rings is 1. The van der Waals surface area contributed by atoms with E-state index in [4.69, 9.17) is 16.8 Å². The Bertz CT molecular complexity index is 949. The molecule has 0 amide bonds. The Morgan fingerprint density at radius 2 is 1.96 bits per heavy atom. The Kier molecular flexibility index (Phi) is 4.47. The second kappa shape index (κ2) is 6.07. The van der Waals surface area contributed by atoms with Gasteiger partial charge in [0, 0.05) is 13.1 Å². The van der Waals surface area contributed by atoms with Crippen LogP contribution in [0.4, 0.5) is 17.6 Å². The molecule has 0 aliphatic rings. The van der Waals surface area contributed by atoms with Gasteiger partial charge in [0.05, 0.1) is 11.2 Å². The fraction of sp³-hybridized carbons (Fsp3) is 0.167. The first-order valence-corrected chi connectivity index (χ1v) is 6.40. The molecular formula is C12H7ClF4N4O3. The highest BCUT2D eigenvalue weighted by Gasteiger charge is 2.35. The van der Waals surface area contributed by atoms with Crippen LogP contribution in [-0.2, 0) is 13.2 Å². The minimum absolute atomic E-state index is 0.107. The summed E-state index contributed by atoms with van der Waals surface area (Å²) in [4.78, 5) is 27.5. The summed E-state index contributed by atoms with van der Waals surface area (Å²) in [6.07, 6.45) is -4.25. The van der Waals surface area contributed by atoms with Gasteiger partial charge in [-0.3, -0.25) is 9.36 Å². The van der Waals surface area contributed by atoms with E-state index in [1.165, 1.54) is 0 Å². The Balaban J connectivity index is 2.85. The molecular weight excluding hydrogens is 360 g/mol. The molecule has 128 valence electrons. The summed E-state index contributed by atoms with van der Waals surface area (Å²) in [5.74, 6) is -2.11. The van der Waals surface area contributed by atoms with Gasteiger partial charge in [0.1, 0.15) is 11.4 Å². The predicted molar refractivity (Wildman–Crippen MR) is 74.4 cm³/mol. The van der Waals surface area contributed by atoms with Crippen molar-refractivity contribution in [2.75, 3.05) is 0 Å². The van der Waals surface area contributed by atoms with Gasteiger partial charge in [0.25, 0.3) is 5.56 Å². The van der Waals surface area contributed by atoms with Crippen LogP contribution in [0.25, 0.3) is 5.82 Å². The smallest absolute Gasteiger partial charge is 0.411 e. The third kappa shape index (κ3) is 3.02. The summed E-state index contributed by atoms with van der Waals surface area (Å²) in [6.45, 7) is 0. The molecule has 0 aliphatic carbocycles. The van der Waals surface area contributed by atoms with Crippen molar-refractivity contribution in [3.63, 3.8) is 0 Å². The molecule has 0 saturated carbocycles. The first-order chi connectivity index (χ1) is 11.1. The standard InChI is InChI=1S/C12H7ClF4N4O3/c1-20-8(12(15,16)17)3-9(22)21(11(20)23)10-6(14)2-5(13)7(19-10)4-18-24/h2-4,24H,1H3. The second-order valence-corrected chi connectivity index (χ2v) is 4.86. The molecule has 0 radical (unpaired) electrons. The van der Waals surface area contributed by atoms with Crippen molar-refractivity contribution in [2.24, 2.45) is 12.2 Å². The Labute approximate surface area is 135 Å². The molecule has 0 unspecified atom stereocenters. The van der Waals surface area contributed by atoms with E-state index < -0.39 is 34.8 Å². The molecule has 0 saturated heterocycles. The van der Waals surface area contributed by atoms with E-state index in [0.29, 0.717) is 12.3 Å². The van der Waals surface area contributed by atoms with Crippen LogP contribution in [-0.4, -0.2) is 25.5 Å². The van der Waals surface area contributed by atoms with Crippen molar-refractivity contribution < 1.29 is 22.8 Å². The number of oxime groups is 1. The maximum atomic E-state index is 14.0. The van der Waals surface area contributed by atoms with Gasteiger partial charge in [-0.15, -0.1) is 0 Å². The molecule has 0 atom stereocenters. The van der Waals surface area contributed by atoms with Crippen LogP contribution in [0, 0.1) is 5.82 Å². The van der Waals surface area contributed by atoms with Gasteiger partial charge in [0.15, 0.2) is 11.6 Å². The molecule has 24 heavy (non-hydrogen) atoms. The zero-order chi connectivity index (χ0) is 18.2. The summed E-state index contributed by atoms with van der Waals surface area (Å²) in [5, 5.41) is 10.8. The van der Waals surface area contributed by atoms with Crippen molar-refractivity contribution in [1.82, 2.24) is 14.1 Å². The van der Waals surface area contributed by atoms with E-state index in [-0.39, 0.29) is 25.9 Å². The predicted octanol–water partition coefficient (Wildman–Crippen LogP) is 1.55. The van der Waals surface area contributed by atoms with Crippen molar-refractivity contribution in [1.29, 1.82) is 0 Å². The summed E-state index contributed by atoms with van der Waals surface area (Å²) in [6, 6.07) is 0.807. The summed E-state index contributed by atoms with van der Waals surface area (Å²) in [7, 11) is 0.769. The zero-order valence-corrected chi connectivity index (χ0v) is 12.4. The minimum Gasteiger partial charge on any atom is -0.411 e. The number of rotatable bonds is 2. The summed E-state index contributed by atoms with van der Waals surface area (Å²) < 4.78 is 52.6. The van der Waals surface area contributed by atoms with E-state index in [1.54, 1.807) is 0 Å².